The molecule has 1 aromatic rings. The summed E-state index contributed by atoms with van der Waals surface area (Å²) >= 11 is 8.68. The van der Waals surface area contributed by atoms with Crippen molar-refractivity contribution in [2.45, 2.75) is 11.3 Å². The Kier molecular flexibility index (Phi) is 3.13. The number of imide groups is 1. The third-order valence-corrected chi connectivity index (χ3v) is 4.98. The fourth-order valence-corrected chi connectivity index (χ4v) is 4.14. The van der Waals surface area contributed by atoms with Gasteiger partial charge in [0, 0.05) is 15.7 Å². The number of allylic oxidation sites excluding steroid dienone is 1. The lowest BCUT2D eigenvalue weighted by molar-refractivity contribution is -0.115. The van der Waals surface area contributed by atoms with Gasteiger partial charge in [-0.2, -0.15) is 0 Å². The minimum Gasteiger partial charge on any atom is -0.282 e. The molecule has 0 bridgehead atoms. The average molecular weight is 298 g/mol. The maximum Gasteiger partial charge on any atom is 0.290 e. The van der Waals surface area contributed by atoms with E-state index in [1.54, 1.807) is 11.8 Å². The van der Waals surface area contributed by atoms with Crippen LogP contribution in [0, 0.1) is 0 Å². The number of amides is 2. The van der Waals surface area contributed by atoms with Crippen LogP contribution in [-0.2, 0) is 4.79 Å². The molecule has 0 aliphatic carbocycles. The topological polar surface area (TPSA) is 46.2 Å². The van der Waals surface area contributed by atoms with Crippen molar-refractivity contribution >= 4 is 51.8 Å². The number of thioether (sulfide) groups is 2. The van der Waals surface area contributed by atoms with E-state index < -0.39 is 0 Å². The van der Waals surface area contributed by atoms with Crippen molar-refractivity contribution < 1.29 is 9.59 Å². The zero-order valence-electron chi connectivity index (χ0n) is 9.16. The highest BCUT2D eigenvalue weighted by Crippen LogP contribution is 2.43. The van der Waals surface area contributed by atoms with Crippen LogP contribution in [0.4, 0.5) is 4.79 Å². The number of carbonyl (C=O) groups is 2. The van der Waals surface area contributed by atoms with Crippen LogP contribution in [0.2, 0.25) is 5.02 Å². The van der Waals surface area contributed by atoms with E-state index in [9.17, 15) is 9.59 Å². The maximum atomic E-state index is 11.7. The summed E-state index contributed by atoms with van der Waals surface area (Å²) in [5.41, 5.74) is 1.97. The molecule has 1 N–H and O–H groups in total. The first-order valence-electron chi connectivity index (χ1n) is 5.34. The van der Waals surface area contributed by atoms with Crippen molar-refractivity contribution in [1.82, 2.24) is 5.32 Å². The van der Waals surface area contributed by atoms with Crippen LogP contribution < -0.4 is 5.32 Å². The molecule has 0 saturated carbocycles. The SMILES string of the molecule is O=C1NC(=O)C(=C2CCSc3cc(Cl)ccc32)S1. The molecule has 0 aromatic heterocycles. The summed E-state index contributed by atoms with van der Waals surface area (Å²) in [5, 5.41) is 2.69. The lowest BCUT2D eigenvalue weighted by Gasteiger charge is -2.19. The molecule has 2 heterocycles. The normalized spacial score (nSPS) is 22.9. The van der Waals surface area contributed by atoms with Crippen LogP contribution >= 0.6 is 35.1 Å². The van der Waals surface area contributed by atoms with E-state index in [0.29, 0.717) is 9.93 Å². The standard InChI is InChI=1S/C12H8ClNO2S2/c13-6-1-2-7-8(3-4-17-9(7)5-6)10-11(15)14-12(16)18-10/h1-2,5H,3-4H2,(H,14,15,16). The van der Waals surface area contributed by atoms with Crippen LogP contribution in [0.25, 0.3) is 5.57 Å². The Morgan fingerprint density at radius 1 is 1.28 bits per heavy atom. The van der Waals surface area contributed by atoms with E-state index in [1.165, 1.54) is 0 Å². The minimum atomic E-state index is -0.295. The van der Waals surface area contributed by atoms with Crippen molar-refractivity contribution in [1.29, 1.82) is 0 Å². The molecule has 2 aliphatic rings. The summed E-state index contributed by atoms with van der Waals surface area (Å²) < 4.78 is 0. The van der Waals surface area contributed by atoms with Crippen LogP contribution in [-0.4, -0.2) is 16.9 Å². The molecule has 1 aromatic carbocycles. The molecular formula is C12H8ClNO2S2. The van der Waals surface area contributed by atoms with Crippen LogP contribution in [0.3, 0.4) is 0 Å². The Morgan fingerprint density at radius 2 is 2.11 bits per heavy atom. The van der Waals surface area contributed by atoms with Crippen molar-refractivity contribution in [3.8, 4) is 0 Å². The third-order valence-electron chi connectivity index (χ3n) is 2.77. The highest BCUT2D eigenvalue weighted by molar-refractivity contribution is 8.18. The Bertz CT molecular complexity index is 598. The van der Waals surface area contributed by atoms with Crippen molar-refractivity contribution in [2.24, 2.45) is 0 Å². The Morgan fingerprint density at radius 3 is 2.83 bits per heavy atom. The fraction of sp³-hybridized carbons (Fsp3) is 0.167. The molecular weight excluding hydrogens is 290 g/mol. The van der Waals surface area contributed by atoms with Gasteiger partial charge in [0.1, 0.15) is 0 Å². The van der Waals surface area contributed by atoms with E-state index in [2.05, 4.69) is 5.32 Å². The number of fused-ring (bicyclic) bond motifs is 1. The minimum absolute atomic E-state index is 0.284. The molecule has 0 atom stereocenters. The van der Waals surface area contributed by atoms with Gasteiger partial charge in [0.25, 0.3) is 11.1 Å². The Hall–Kier alpha value is -0.910. The molecule has 0 unspecified atom stereocenters. The van der Waals surface area contributed by atoms with Crippen LogP contribution in [0.15, 0.2) is 28.0 Å². The molecule has 6 heteroatoms. The Labute approximate surface area is 117 Å². The predicted molar refractivity (Wildman–Crippen MR) is 74.8 cm³/mol. The van der Waals surface area contributed by atoms with E-state index in [-0.39, 0.29) is 11.1 Å². The second kappa shape index (κ2) is 4.64. The number of halogens is 1. The van der Waals surface area contributed by atoms with E-state index in [4.69, 9.17) is 11.6 Å². The number of carbonyl (C=O) groups excluding carboxylic acids is 2. The largest absolute Gasteiger partial charge is 0.290 e. The molecule has 3 rings (SSSR count). The van der Waals surface area contributed by atoms with Crippen molar-refractivity contribution in [3.05, 3.63) is 33.7 Å². The molecule has 0 radical (unpaired) electrons. The fourth-order valence-electron chi connectivity index (χ4n) is 2.01. The maximum absolute atomic E-state index is 11.7. The Balaban J connectivity index is 2.14. The lowest BCUT2D eigenvalue weighted by Crippen LogP contribution is -2.18. The lowest BCUT2D eigenvalue weighted by atomic mass is 10.0. The smallest absolute Gasteiger partial charge is 0.282 e. The molecule has 3 nitrogen and oxygen atoms in total. The van der Waals surface area contributed by atoms with Gasteiger partial charge in [-0.15, -0.1) is 11.8 Å². The zero-order valence-corrected chi connectivity index (χ0v) is 11.5. The summed E-state index contributed by atoms with van der Waals surface area (Å²) in [6.07, 6.45) is 0.794. The second-order valence-corrected chi connectivity index (χ2v) is 6.45. The average Bonchev–Trinajstić information content (AvgIpc) is 2.67. The molecule has 18 heavy (non-hydrogen) atoms. The first-order chi connectivity index (χ1) is 8.65. The number of hydrogen-bond acceptors (Lipinski definition) is 4. The van der Waals surface area contributed by atoms with Gasteiger partial charge in [-0.3, -0.25) is 14.9 Å². The summed E-state index contributed by atoms with van der Waals surface area (Å²) in [6.45, 7) is 0. The monoisotopic (exact) mass is 297 g/mol. The summed E-state index contributed by atoms with van der Waals surface area (Å²) in [6, 6.07) is 5.63. The van der Waals surface area contributed by atoms with Gasteiger partial charge in [-0.25, -0.2) is 0 Å². The van der Waals surface area contributed by atoms with Gasteiger partial charge in [0.2, 0.25) is 0 Å². The van der Waals surface area contributed by atoms with E-state index in [0.717, 1.165) is 40.0 Å². The predicted octanol–water partition coefficient (Wildman–Crippen LogP) is 3.53. The quantitative estimate of drug-likeness (QED) is 0.744. The summed E-state index contributed by atoms with van der Waals surface area (Å²) in [5.74, 6) is 0.613. The van der Waals surface area contributed by atoms with Gasteiger partial charge in [0.05, 0.1) is 4.91 Å². The molecule has 92 valence electrons. The highest BCUT2D eigenvalue weighted by atomic mass is 35.5. The number of rotatable bonds is 0. The van der Waals surface area contributed by atoms with E-state index >= 15 is 0 Å². The van der Waals surface area contributed by atoms with Crippen LogP contribution in [0.1, 0.15) is 12.0 Å². The number of benzene rings is 1. The molecule has 2 amide bonds. The van der Waals surface area contributed by atoms with Gasteiger partial charge >= 0.3 is 0 Å². The van der Waals surface area contributed by atoms with Crippen molar-refractivity contribution in [3.63, 3.8) is 0 Å². The third kappa shape index (κ3) is 2.06. The first-order valence-corrected chi connectivity index (χ1v) is 7.52. The summed E-state index contributed by atoms with van der Waals surface area (Å²) in [7, 11) is 0. The number of hydrogen-bond donors (Lipinski definition) is 1. The van der Waals surface area contributed by atoms with E-state index in [1.807, 2.05) is 18.2 Å². The van der Waals surface area contributed by atoms with Crippen LogP contribution in [0.5, 0.6) is 0 Å². The molecule has 2 aliphatic heterocycles. The van der Waals surface area contributed by atoms with Gasteiger partial charge in [-0.1, -0.05) is 17.7 Å². The summed E-state index contributed by atoms with van der Waals surface area (Å²) in [4.78, 5) is 24.6. The number of nitrogens with one attached hydrogen (secondary N) is 1. The molecule has 0 spiro atoms. The van der Waals surface area contributed by atoms with Crippen molar-refractivity contribution in [2.75, 3.05) is 5.75 Å². The van der Waals surface area contributed by atoms with Gasteiger partial charge in [0.15, 0.2) is 0 Å². The zero-order chi connectivity index (χ0) is 12.7. The highest BCUT2D eigenvalue weighted by Gasteiger charge is 2.30. The molecule has 1 saturated heterocycles. The van der Waals surface area contributed by atoms with Gasteiger partial charge < -0.3 is 0 Å². The first kappa shape index (κ1) is 12.1. The second-order valence-electron chi connectivity index (χ2n) is 3.89. The molecule has 1 fully saturated rings. The van der Waals surface area contributed by atoms with Gasteiger partial charge in [-0.05, 0) is 41.5 Å².